The number of nitrogens with one attached hydrogen (secondary N) is 1. The van der Waals surface area contributed by atoms with Gasteiger partial charge in [0.2, 0.25) is 5.91 Å². The zero-order valence-electron chi connectivity index (χ0n) is 20.2. The monoisotopic (exact) mass is 490 g/mol. The number of nitrogens with zero attached hydrogens (tertiary/aromatic N) is 2. The summed E-state index contributed by atoms with van der Waals surface area (Å²) < 4.78 is 16.9. The van der Waals surface area contributed by atoms with Crippen molar-refractivity contribution in [2.45, 2.75) is 18.5 Å². The first-order valence-electron chi connectivity index (χ1n) is 12.1. The third-order valence-electron chi connectivity index (χ3n) is 6.35. The lowest BCUT2D eigenvalue weighted by Gasteiger charge is -2.24. The van der Waals surface area contributed by atoms with Crippen molar-refractivity contribution in [3.8, 4) is 11.1 Å². The van der Waals surface area contributed by atoms with Gasteiger partial charge in [-0.05, 0) is 34.9 Å². The van der Waals surface area contributed by atoms with E-state index in [9.17, 15) is 4.79 Å². The highest BCUT2D eigenvalue weighted by Crippen LogP contribution is 2.29. The van der Waals surface area contributed by atoms with Crippen molar-refractivity contribution in [2.24, 2.45) is 5.73 Å². The smallest absolute Gasteiger partial charge is 0.242 e. The van der Waals surface area contributed by atoms with Crippen molar-refractivity contribution in [1.82, 2.24) is 9.78 Å². The van der Waals surface area contributed by atoms with Crippen LogP contribution in [0.4, 0.5) is 10.1 Å². The Bertz CT molecular complexity index is 1430. The number of hydrogen-bond acceptors (Lipinski definition) is 3. The molecule has 5 nitrogen and oxygen atoms in total. The number of amides is 1. The van der Waals surface area contributed by atoms with Gasteiger partial charge >= 0.3 is 0 Å². The standard InChI is InChI=1S/C31H27FN4O/c32-28-18-26(16-17-27(28)25-19-34-36(21-25)20-22-10-4-1-5-11-22)35-31(37)30(33)29(23-12-6-2-7-13-23)24-14-8-3-9-15-24/h1-19,21,29-30H,20,33H2,(H,35,37)/t30-/m0/s1. The number of halogens is 1. The number of benzene rings is 4. The maximum absolute atomic E-state index is 15.1. The Balaban J connectivity index is 1.32. The Morgan fingerprint density at radius 3 is 2.05 bits per heavy atom. The van der Waals surface area contributed by atoms with E-state index in [4.69, 9.17) is 5.73 Å². The highest BCUT2D eigenvalue weighted by Gasteiger charge is 2.28. The maximum atomic E-state index is 15.1. The molecular weight excluding hydrogens is 463 g/mol. The van der Waals surface area contributed by atoms with E-state index in [2.05, 4.69) is 10.4 Å². The Hall–Kier alpha value is -4.55. The Kier molecular flexibility index (Phi) is 7.19. The van der Waals surface area contributed by atoms with Crippen molar-refractivity contribution in [2.75, 3.05) is 5.32 Å². The van der Waals surface area contributed by atoms with Gasteiger partial charge in [-0.3, -0.25) is 9.48 Å². The zero-order valence-corrected chi connectivity index (χ0v) is 20.2. The van der Waals surface area contributed by atoms with Gasteiger partial charge in [-0.1, -0.05) is 91.0 Å². The summed E-state index contributed by atoms with van der Waals surface area (Å²) in [6, 6.07) is 33.1. The summed E-state index contributed by atoms with van der Waals surface area (Å²) in [4.78, 5) is 13.2. The molecule has 1 atom stereocenters. The molecule has 0 radical (unpaired) electrons. The first-order chi connectivity index (χ1) is 18.1. The second kappa shape index (κ2) is 11.0. The van der Waals surface area contributed by atoms with E-state index in [1.54, 1.807) is 23.0 Å². The van der Waals surface area contributed by atoms with Crippen LogP contribution in [0, 0.1) is 5.82 Å². The minimum atomic E-state index is -0.872. The van der Waals surface area contributed by atoms with Crippen LogP contribution in [0.2, 0.25) is 0 Å². The fraction of sp³-hybridized carbons (Fsp3) is 0.0968. The predicted molar refractivity (Wildman–Crippen MR) is 144 cm³/mol. The molecule has 0 aliphatic heterocycles. The van der Waals surface area contributed by atoms with Gasteiger partial charge in [-0.2, -0.15) is 5.10 Å². The number of carbonyl (C=O) groups is 1. The molecule has 5 aromatic rings. The molecular formula is C31H27FN4O. The SMILES string of the molecule is N[C@H](C(=O)Nc1ccc(-c2cnn(Cc3ccccc3)c2)c(F)c1)C(c1ccccc1)c1ccccc1. The van der Waals surface area contributed by atoms with E-state index in [0.717, 1.165) is 16.7 Å². The lowest BCUT2D eigenvalue weighted by Crippen LogP contribution is -2.41. The molecule has 1 heterocycles. The van der Waals surface area contributed by atoms with E-state index in [-0.39, 0.29) is 11.8 Å². The van der Waals surface area contributed by atoms with Crippen molar-refractivity contribution in [1.29, 1.82) is 0 Å². The minimum absolute atomic E-state index is 0.345. The molecule has 184 valence electrons. The van der Waals surface area contributed by atoms with Gasteiger partial charge in [0.1, 0.15) is 5.82 Å². The van der Waals surface area contributed by atoms with Crippen LogP contribution in [0.3, 0.4) is 0 Å². The number of hydrogen-bond donors (Lipinski definition) is 2. The van der Waals surface area contributed by atoms with Crippen molar-refractivity contribution in [3.63, 3.8) is 0 Å². The molecule has 0 fully saturated rings. The maximum Gasteiger partial charge on any atom is 0.242 e. The van der Waals surface area contributed by atoms with Crippen molar-refractivity contribution >= 4 is 11.6 Å². The fourth-order valence-electron chi connectivity index (χ4n) is 4.49. The summed E-state index contributed by atoms with van der Waals surface area (Å²) in [6.45, 7) is 0.596. The van der Waals surface area contributed by atoms with E-state index in [0.29, 0.717) is 23.4 Å². The van der Waals surface area contributed by atoms with Crippen LogP contribution in [-0.4, -0.2) is 21.7 Å². The molecule has 0 aliphatic rings. The summed E-state index contributed by atoms with van der Waals surface area (Å²) in [5.74, 6) is -1.18. The van der Waals surface area contributed by atoms with Gasteiger partial charge in [0.25, 0.3) is 0 Å². The molecule has 0 spiro atoms. The van der Waals surface area contributed by atoms with Crippen LogP contribution in [-0.2, 0) is 11.3 Å². The average Bonchev–Trinajstić information content (AvgIpc) is 3.38. The normalized spacial score (nSPS) is 11.9. The summed E-state index contributed by atoms with van der Waals surface area (Å²) >= 11 is 0. The third kappa shape index (κ3) is 5.66. The Morgan fingerprint density at radius 1 is 0.865 bits per heavy atom. The molecule has 5 rings (SSSR count). The number of aromatic nitrogens is 2. The van der Waals surface area contributed by atoms with Gasteiger partial charge in [0.15, 0.2) is 0 Å². The number of carbonyl (C=O) groups excluding carboxylic acids is 1. The van der Waals surface area contributed by atoms with Crippen LogP contribution in [0.15, 0.2) is 122 Å². The molecule has 0 saturated carbocycles. The molecule has 3 N–H and O–H groups in total. The second-order valence-corrected chi connectivity index (χ2v) is 8.92. The molecule has 0 unspecified atom stereocenters. The summed E-state index contributed by atoms with van der Waals surface area (Å²) in [5, 5.41) is 7.16. The second-order valence-electron chi connectivity index (χ2n) is 8.92. The van der Waals surface area contributed by atoms with E-state index < -0.39 is 11.9 Å². The molecule has 0 bridgehead atoms. The Morgan fingerprint density at radius 2 is 1.46 bits per heavy atom. The number of anilines is 1. The average molecular weight is 491 g/mol. The van der Waals surface area contributed by atoms with Crippen LogP contribution in [0.1, 0.15) is 22.6 Å². The van der Waals surface area contributed by atoms with Crippen LogP contribution in [0.25, 0.3) is 11.1 Å². The van der Waals surface area contributed by atoms with E-state index in [1.165, 1.54) is 6.07 Å². The van der Waals surface area contributed by atoms with Gasteiger partial charge in [-0.25, -0.2) is 4.39 Å². The van der Waals surface area contributed by atoms with Crippen molar-refractivity contribution < 1.29 is 9.18 Å². The summed E-state index contributed by atoms with van der Waals surface area (Å²) in [7, 11) is 0. The van der Waals surface area contributed by atoms with Gasteiger partial charge in [0.05, 0.1) is 18.8 Å². The summed E-state index contributed by atoms with van der Waals surface area (Å²) in [6.07, 6.45) is 3.45. The van der Waals surface area contributed by atoms with E-state index in [1.807, 2.05) is 97.2 Å². The van der Waals surface area contributed by atoms with Crippen molar-refractivity contribution in [3.05, 3.63) is 144 Å². The topological polar surface area (TPSA) is 72.9 Å². The zero-order chi connectivity index (χ0) is 25.6. The quantitative estimate of drug-likeness (QED) is 0.287. The Labute approximate surface area is 215 Å². The molecule has 1 aromatic heterocycles. The molecule has 0 aliphatic carbocycles. The lowest BCUT2D eigenvalue weighted by molar-refractivity contribution is -0.117. The van der Waals surface area contributed by atoms with Gasteiger partial charge in [-0.15, -0.1) is 0 Å². The first kappa shape index (κ1) is 24.2. The van der Waals surface area contributed by atoms with Crippen LogP contribution < -0.4 is 11.1 Å². The van der Waals surface area contributed by atoms with Gasteiger partial charge in [0, 0.05) is 28.9 Å². The van der Waals surface area contributed by atoms with E-state index >= 15 is 4.39 Å². The third-order valence-corrected chi connectivity index (χ3v) is 6.35. The summed E-state index contributed by atoms with van der Waals surface area (Å²) in [5.41, 5.74) is 10.9. The molecule has 6 heteroatoms. The molecule has 4 aromatic carbocycles. The van der Waals surface area contributed by atoms with Gasteiger partial charge < -0.3 is 11.1 Å². The van der Waals surface area contributed by atoms with Crippen LogP contribution in [0.5, 0.6) is 0 Å². The molecule has 0 saturated heterocycles. The lowest BCUT2D eigenvalue weighted by atomic mass is 9.85. The predicted octanol–water partition coefficient (Wildman–Crippen LogP) is 5.84. The first-order valence-corrected chi connectivity index (χ1v) is 12.1. The highest BCUT2D eigenvalue weighted by molar-refractivity contribution is 5.96. The largest absolute Gasteiger partial charge is 0.325 e. The van der Waals surface area contributed by atoms with Crippen LogP contribution >= 0.6 is 0 Å². The molecule has 37 heavy (non-hydrogen) atoms. The number of rotatable bonds is 8. The molecule has 1 amide bonds. The highest BCUT2D eigenvalue weighted by atomic mass is 19.1. The number of nitrogens with two attached hydrogens (primary N) is 1. The minimum Gasteiger partial charge on any atom is -0.325 e. The fourth-order valence-corrected chi connectivity index (χ4v) is 4.49.